The Balaban J connectivity index is 2.01. The molecule has 0 spiro atoms. The van der Waals surface area contributed by atoms with Crippen LogP contribution in [0.4, 0.5) is 0 Å². The number of aryl methyl sites for hydroxylation is 2. The molecule has 0 radical (unpaired) electrons. The lowest BCUT2D eigenvalue weighted by Crippen LogP contribution is -2.40. The van der Waals surface area contributed by atoms with Crippen molar-refractivity contribution >= 4 is 12.0 Å². The lowest BCUT2D eigenvalue weighted by molar-refractivity contribution is -0.127. The van der Waals surface area contributed by atoms with Crippen molar-refractivity contribution in [1.29, 1.82) is 0 Å². The lowest BCUT2D eigenvalue weighted by atomic mass is 9.99. The van der Waals surface area contributed by atoms with Gasteiger partial charge in [-0.25, -0.2) is 0 Å². The van der Waals surface area contributed by atoms with Gasteiger partial charge in [0.05, 0.1) is 0 Å². The number of piperidine rings is 1. The Morgan fingerprint density at radius 3 is 2.95 bits per heavy atom. The van der Waals surface area contributed by atoms with Crippen LogP contribution >= 0.6 is 0 Å². The minimum Gasteiger partial charge on any atom is -0.396 e. The highest BCUT2D eigenvalue weighted by Gasteiger charge is 2.21. The third kappa shape index (κ3) is 3.70. The number of amides is 1. The maximum absolute atomic E-state index is 12.2. The Hall–Kier alpha value is -1.61. The van der Waals surface area contributed by atoms with Gasteiger partial charge in [-0.1, -0.05) is 23.8 Å². The summed E-state index contributed by atoms with van der Waals surface area (Å²) in [6.07, 6.45) is 5.53. The van der Waals surface area contributed by atoms with Gasteiger partial charge >= 0.3 is 0 Å². The zero-order valence-corrected chi connectivity index (χ0v) is 12.3. The van der Waals surface area contributed by atoms with Gasteiger partial charge in [-0.3, -0.25) is 4.79 Å². The first kappa shape index (κ1) is 14.8. The molecule has 1 aromatic carbocycles. The number of carbonyl (C=O) groups is 1. The second-order valence-electron chi connectivity index (χ2n) is 5.67. The number of hydrogen-bond acceptors (Lipinski definition) is 2. The Bertz CT molecular complexity index is 508. The molecule has 108 valence electrons. The quantitative estimate of drug-likeness (QED) is 0.860. The number of aliphatic hydroxyl groups is 1. The zero-order chi connectivity index (χ0) is 14.5. The fourth-order valence-corrected chi connectivity index (χ4v) is 2.69. The predicted molar refractivity (Wildman–Crippen MR) is 81.3 cm³/mol. The maximum atomic E-state index is 12.2. The molecule has 0 aromatic heterocycles. The minimum atomic E-state index is 0.0446. The summed E-state index contributed by atoms with van der Waals surface area (Å²) >= 11 is 0. The summed E-state index contributed by atoms with van der Waals surface area (Å²) in [7, 11) is 0. The van der Waals surface area contributed by atoms with Crippen LogP contribution in [0.2, 0.25) is 0 Å². The molecule has 0 saturated carbocycles. The van der Waals surface area contributed by atoms with Crippen molar-refractivity contribution in [3.8, 4) is 0 Å². The second kappa shape index (κ2) is 6.71. The van der Waals surface area contributed by atoms with Gasteiger partial charge in [0.15, 0.2) is 0 Å². The van der Waals surface area contributed by atoms with Gasteiger partial charge in [-0.2, -0.15) is 0 Å². The molecule has 1 saturated heterocycles. The minimum absolute atomic E-state index is 0.0446. The summed E-state index contributed by atoms with van der Waals surface area (Å²) in [5.74, 6) is 0.283. The number of likely N-dealkylation sites (tertiary alicyclic amines) is 1. The zero-order valence-electron chi connectivity index (χ0n) is 12.3. The van der Waals surface area contributed by atoms with Gasteiger partial charge in [0.1, 0.15) is 0 Å². The van der Waals surface area contributed by atoms with Crippen molar-refractivity contribution in [1.82, 2.24) is 4.90 Å². The van der Waals surface area contributed by atoms with E-state index in [2.05, 4.69) is 26.0 Å². The molecule has 0 aliphatic carbocycles. The van der Waals surface area contributed by atoms with Crippen molar-refractivity contribution < 1.29 is 9.90 Å². The van der Waals surface area contributed by atoms with Gasteiger partial charge in [-0.15, -0.1) is 0 Å². The summed E-state index contributed by atoms with van der Waals surface area (Å²) in [5, 5.41) is 9.20. The molecule has 3 heteroatoms. The Morgan fingerprint density at radius 2 is 2.25 bits per heavy atom. The first-order valence-corrected chi connectivity index (χ1v) is 7.25. The van der Waals surface area contributed by atoms with E-state index in [-0.39, 0.29) is 18.4 Å². The molecule has 1 unspecified atom stereocenters. The molecule has 3 nitrogen and oxygen atoms in total. The summed E-state index contributed by atoms with van der Waals surface area (Å²) < 4.78 is 0. The van der Waals surface area contributed by atoms with E-state index in [0.717, 1.165) is 24.9 Å². The third-order valence-electron chi connectivity index (χ3n) is 3.92. The van der Waals surface area contributed by atoms with Gasteiger partial charge in [-0.05, 0) is 49.8 Å². The van der Waals surface area contributed by atoms with E-state index in [1.54, 1.807) is 6.08 Å². The molecule has 1 amide bonds. The van der Waals surface area contributed by atoms with Crippen molar-refractivity contribution in [3.63, 3.8) is 0 Å². The number of carbonyl (C=O) groups excluding carboxylic acids is 1. The molecule has 2 rings (SSSR count). The molecule has 1 atom stereocenters. The summed E-state index contributed by atoms with van der Waals surface area (Å²) in [4.78, 5) is 14.0. The van der Waals surface area contributed by atoms with Gasteiger partial charge < -0.3 is 10.0 Å². The SMILES string of the molecule is Cc1ccc(/C=C/C(=O)N2CCCC(CO)C2)c(C)c1. The van der Waals surface area contributed by atoms with Gasteiger partial charge in [0, 0.05) is 25.8 Å². The van der Waals surface area contributed by atoms with Crippen LogP contribution in [0, 0.1) is 19.8 Å². The standard InChI is InChI=1S/C17H23NO2/c1-13-5-6-16(14(2)10-13)7-8-17(20)18-9-3-4-15(11-18)12-19/h5-8,10,15,19H,3-4,9,11-12H2,1-2H3/b8-7+. The molecular weight excluding hydrogens is 250 g/mol. The fraction of sp³-hybridized carbons (Fsp3) is 0.471. The first-order chi connectivity index (χ1) is 9.60. The smallest absolute Gasteiger partial charge is 0.246 e. The van der Waals surface area contributed by atoms with Crippen molar-refractivity contribution in [3.05, 3.63) is 41.0 Å². The van der Waals surface area contributed by atoms with Crippen LogP contribution in [0.15, 0.2) is 24.3 Å². The Kier molecular flexibility index (Phi) is 4.96. The average molecular weight is 273 g/mol. The molecular formula is C17H23NO2. The molecule has 1 aliphatic rings. The number of hydrogen-bond donors (Lipinski definition) is 1. The van der Waals surface area contributed by atoms with Crippen molar-refractivity contribution in [2.24, 2.45) is 5.92 Å². The van der Waals surface area contributed by atoms with Gasteiger partial charge in [0.2, 0.25) is 5.91 Å². The van der Waals surface area contributed by atoms with Crippen LogP contribution < -0.4 is 0 Å². The van der Waals surface area contributed by atoms with E-state index in [1.165, 1.54) is 11.1 Å². The van der Waals surface area contributed by atoms with Crippen LogP contribution in [-0.4, -0.2) is 35.6 Å². The highest BCUT2D eigenvalue weighted by Crippen LogP contribution is 2.17. The van der Waals surface area contributed by atoms with E-state index in [9.17, 15) is 9.90 Å². The number of nitrogens with zero attached hydrogens (tertiary/aromatic N) is 1. The second-order valence-corrected chi connectivity index (χ2v) is 5.67. The van der Waals surface area contributed by atoms with Crippen molar-refractivity contribution in [2.75, 3.05) is 19.7 Å². The van der Waals surface area contributed by atoms with Crippen molar-refractivity contribution in [2.45, 2.75) is 26.7 Å². The molecule has 1 N–H and O–H groups in total. The molecule has 20 heavy (non-hydrogen) atoms. The van der Waals surface area contributed by atoms with E-state index >= 15 is 0 Å². The first-order valence-electron chi connectivity index (χ1n) is 7.25. The molecule has 1 aromatic rings. The van der Waals surface area contributed by atoms with E-state index in [1.807, 2.05) is 17.0 Å². The van der Waals surface area contributed by atoms with Crippen LogP contribution in [0.1, 0.15) is 29.5 Å². The number of aliphatic hydroxyl groups excluding tert-OH is 1. The largest absolute Gasteiger partial charge is 0.396 e. The summed E-state index contributed by atoms with van der Waals surface area (Å²) in [5.41, 5.74) is 3.49. The monoisotopic (exact) mass is 273 g/mol. The fourth-order valence-electron chi connectivity index (χ4n) is 2.69. The Labute approximate surface area is 120 Å². The molecule has 1 heterocycles. The molecule has 1 fully saturated rings. The molecule has 0 bridgehead atoms. The Morgan fingerprint density at radius 1 is 1.45 bits per heavy atom. The van der Waals surface area contributed by atoms with Crippen LogP contribution in [-0.2, 0) is 4.79 Å². The number of rotatable bonds is 3. The third-order valence-corrected chi connectivity index (χ3v) is 3.92. The normalized spacial score (nSPS) is 19.6. The predicted octanol–water partition coefficient (Wildman–Crippen LogP) is 2.55. The lowest BCUT2D eigenvalue weighted by Gasteiger charge is -2.31. The van der Waals surface area contributed by atoms with Crippen LogP contribution in [0.3, 0.4) is 0 Å². The van der Waals surface area contributed by atoms with E-state index in [0.29, 0.717) is 6.54 Å². The highest BCUT2D eigenvalue weighted by atomic mass is 16.3. The summed E-state index contributed by atoms with van der Waals surface area (Å²) in [6.45, 7) is 5.76. The topological polar surface area (TPSA) is 40.5 Å². The van der Waals surface area contributed by atoms with Crippen LogP contribution in [0.25, 0.3) is 6.08 Å². The summed E-state index contributed by atoms with van der Waals surface area (Å²) in [6, 6.07) is 6.22. The van der Waals surface area contributed by atoms with E-state index < -0.39 is 0 Å². The maximum Gasteiger partial charge on any atom is 0.246 e. The van der Waals surface area contributed by atoms with E-state index in [4.69, 9.17) is 0 Å². The van der Waals surface area contributed by atoms with Crippen LogP contribution in [0.5, 0.6) is 0 Å². The number of benzene rings is 1. The molecule has 1 aliphatic heterocycles. The average Bonchev–Trinajstić information content (AvgIpc) is 2.46. The van der Waals surface area contributed by atoms with Gasteiger partial charge in [0.25, 0.3) is 0 Å². The highest BCUT2D eigenvalue weighted by molar-refractivity contribution is 5.92.